The smallest absolute Gasteiger partial charge is 0.450 e. The van der Waals surface area contributed by atoms with Gasteiger partial charge in [-0.15, -0.1) is 0 Å². The van der Waals surface area contributed by atoms with Gasteiger partial charge >= 0.3 is 12.2 Å². The van der Waals surface area contributed by atoms with Crippen LogP contribution in [0.3, 0.4) is 0 Å². The molecule has 0 aliphatic carbocycles. The Morgan fingerprint density at radius 2 is 1.80 bits per heavy atom. The van der Waals surface area contributed by atoms with Crippen LogP contribution in [-0.2, 0) is 14.2 Å². The molecule has 2 rings (SSSR count). The monoisotopic (exact) mass is 353 g/mol. The van der Waals surface area contributed by atoms with E-state index in [1.807, 2.05) is 0 Å². The number of hydrogen-bond acceptors (Lipinski definition) is 5. The summed E-state index contributed by atoms with van der Waals surface area (Å²) in [5.41, 5.74) is 0.961. The second kappa shape index (κ2) is 9.25. The summed E-state index contributed by atoms with van der Waals surface area (Å²) in [5, 5.41) is 0. The molecule has 0 N–H and O–H groups in total. The van der Waals surface area contributed by atoms with Gasteiger partial charge in [-0.25, -0.2) is 14.0 Å². The number of amides is 1. The lowest BCUT2D eigenvalue weighted by molar-refractivity contribution is 0.0268. The van der Waals surface area contributed by atoms with E-state index in [0.717, 1.165) is 5.56 Å². The Hall–Kier alpha value is -2.31. The first-order chi connectivity index (χ1) is 12.0. The van der Waals surface area contributed by atoms with Crippen molar-refractivity contribution in [1.82, 2.24) is 4.90 Å². The number of hydrogen-bond donors (Lipinski definition) is 0. The third-order valence-corrected chi connectivity index (χ3v) is 4.24. The van der Waals surface area contributed by atoms with Gasteiger partial charge in [0.25, 0.3) is 0 Å². The predicted octanol–water partition coefficient (Wildman–Crippen LogP) is 3.56. The van der Waals surface area contributed by atoms with Crippen LogP contribution in [0.1, 0.15) is 31.7 Å². The van der Waals surface area contributed by atoms with E-state index in [1.54, 1.807) is 30.9 Å². The zero-order valence-corrected chi connectivity index (χ0v) is 14.6. The van der Waals surface area contributed by atoms with Crippen LogP contribution in [0.25, 0.3) is 0 Å². The van der Waals surface area contributed by atoms with E-state index in [9.17, 15) is 14.0 Å². The number of nitrogens with zero attached hydrogens (tertiary/aromatic N) is 1. The van der Waals surface area contributed by atoms with E-state index in [-0.39, 0.29) is 37.0 Å². The van der Waals surface area contributed by atoms with Gasteiger partial charge in [0.15, 0.2) is 0 Å². The summed E-state index contributed by atoms with van der Waals surface area (Å²) >= 11 is 0. The van der Waals surface area contributed by atoms with Crippen molar-refractivity contribution in [2.24, 2.45) is 5.92 Å². The Balaban J connectivity index is 2.09. The minimum Gasteiger partial charge on any atom is -0.450 e. The average Bonchev–Trinajstić information content (AvgIpc) is 2.61. The van der Waals surface area contributed by atoms with Gasteiger partial charge in [-0.2, -0.15) is 0 Å². The van der Waals surface area contributed by atoms with Crippen molar-refractivity contribution in [1.29, 1.82) is 0 Å². The second-order valence-electron chi connectivity index (χ2n) is 5.85. The molecule has 1 aliphatic rings. The molecule has 1 saturated heterocycles. The van der Waals surface area contributed by atoms with Gasteiger partial charge in [0, 0.05) is 19.0 Å². The highest BCUT2D eigenvalue weighted by Gasteiger charge is 2.34. The zero-order chi connectivity index (χ0) is 18.2. The van der Waals surface area contributed by atoms with Gasteiger partial charge in [-0.05, 0) is 43.9 Å². The molecule has 7 heteroatoms. The molecule has 1 aromatic rings. The largest absolute Gasteiger partial charge is 0.508 e. The summed E-state index contributed by atoms with van der Waals surface area (Å²) in [4.78, 5) is 25.1. The highest BCUT2D eigenvalue weighted by atomic mass is 19.1. The number of benzene rings is 1. The first-order valence-electron chi connectivity index (χ1n) is 8.51. The fourth-order valence-electron chi connectivity index (χ4n) is 3.07. The summed E-state index contributed by atoms with van der Waals surface area (Å²) in [7, 11) is 0. The van der Waals surface area contributed by atoms with Crippen LogP contribution in [-0.4, -0.2) is 50.1 Å². The molecule has 6 nitrogen and oxygen atoms in total. The zero-order valence-electron chi connectivity index (χ0n) is 14.6. The molecule has 2 atom stereocenters. The van der Waals surface area contributed by atoms with Gasteiger partial charge in [0.1, 0.15) is 12.4 Å². The van der Waals surface area contributed by atoms with E-state index in [0.29, 0.717) is 26.1 Å². The first-order valence-corrected chi connectivity index (χ1v) is 8.51. The highest BCUT2D eigenvalue weighted by molar-refractivity contribution is 5.67. The summed E-state index contributed by atoms with van der Waals surface area (Å²) < 4.78 is 28.2. The lowest BCUT2D eigenvalue weighted by atomic mass is 9.81. The molecule has 138 valence electrons. The maximum absolute atomic E-state index is 13.2. The summed E-state index contributed by atoms with van der Waals surface area (Å²) in [6.07, 6.45) is -0.420. The number of rotatable bonds is 5. The number of carbonyl (C=O) groups excluding carboxylic acids is 2. The fraction of sp³-hybridized carbons (Fsp3) is 0.556. The third-order valence-electron chi connectivity index (χ3n) is 4.24. The van der Waals surface area contributed by atoms with Crippen molar-refractivity contribution in [3.8, 4) is 0 Å². The summed E-state index contributed by atoms with van der Waals surface area (Å²) in [5.74, 6) is -0.360. The molecule has 0 bridgehead atoms. The average molecular weight is 353 g/mol. The number of piperidine rings is 1. The number of carbonyl (C=O) groups is 2. The molecule has 1 aromatic carbocycles. The van der Waals surface area contributed by atoms with Gasteiger partial charge in [0.05, 0.1) is 13.2 Å². The lowest BCUT2D eigenvalue weighted by Crippen LogP contribution is -2.45. The Morgan fingerprint density at radius 1 is 1.12 bits per heavy atom. The highest BCUT2D eigenvalue weighted by Crippen LogP contribution is 2.33. The van der Waals surface area contributed by atoms with Crippen LogP contribution < -0.4 is 0 Å². The first kappa shape index (κ1) is 19.0. The molecule has 1 fully saturated rings. The maximum Gasteiger partial charge on any atom is 0.508 e. The van der Waals surface area contributed by atoms with Crippen molar-refractivity contribution < 1.29 is 28.2 Å². The van der Waals surface area contributed by atoms with Crippen LogP contribution in [0, 0.1) is 11.7 Å². The quantitative estimate of drug-likeness (QED) is 0.757. The van der Waals surface area contributed by atoms with Gasteiger partial charge in [-0.1, -0.05) is 12.1 Å². The Bertz CT molecular complexity index is 577. The molecule has 0 saturated carbocycles. The topological polar surface area (TPSA) is 65.1 Å². The molecule has 0 radical (unpaired) electrons. The van der Waals surface area contributed by atoms with Crippen LogP contribution in [0.15, 0.2) is 24.3 Å². The Morgan fingerprint density at radius 3 is 2.44 bits per heavy atom. The SMILES string of the molecule is CCOC(=O)OC[C@H]1CN(C(=O)OCC)CC[C@@H]1c1ccc(F)cc1. The third kappa shape index (κ3) is 5.34. The molecular weight excluding hydrogens is 329 g/mol. The van der Waals surface area contributed by atoms with E-state index >= 15 is 0 Å². The van der Waals surface area contributed by atoms with Crippen molar-refractivity contribution >= 4 is 12.2 Å². The van der Waals surface area contributed by atoms with Crippen LogP contribution in [0.4, 0.5) is 14.0 Å². The molecule has 1 heterocycles. The van der Waals surface area contributed by atoms with Crippen LogP contribution in [0.2, 0.25) is 0 Å². The molecule has 0 spiro atoms. The molecule has 25 heavy (non-hydrogen) atoms. The minimum atomic E-state index is -0.728. The van der Waals surface area contributed by atoms with Crippen LogP contribution >= 0.6 is 0 Å². The standard InChI is InChI=1S/C18H24FNO5/c1-3-23-17(21)20-10-9-16(13-5-7-15(19)8-6-13)14(11-20)12-25-18(22)24-4-2/h5-8,14,16H,3-4,9-12H2,1-2H3/t14-,16-/m1/s1. The Labute approximate surface area is 146 Å². The number of likely N-dealkylation sites (tertiary alicyclic amines) is 1. The molecule has 1 aliphatic heterocycles. The van der Waals surface area contributed by atoms with Crippen molar-refractivity contribution in [3.63, 3.8) is 0 Å². The maximum atomic E-state index is 13.2. The van der Waals surface area contributed by atoms with E-state index < -0.39 is 6.16 Å². The lowest BCUT2D eigenvalue weighted by Gasteiger charge is -2.37. The summed E-state index contributed by atoms with van der Waals surface area (Å²) in [6, 6.07) is 6.29. The molecule has 1 amide bonds. The number of ether oxygens (including phenoxy) is 3. The predicted molar refractivity (Wildman–Crippen MR) is 88.8 cm³/mol. The van der Waals surface area contributed by atoms with E-state index in [2.05, 4.69) is 0 Å². The summed E-state index contributed by atoms with van der Waals surface area (Å²) in [6.45, 7) is 5.06. The van der Waals surface area contributed by atoms with Gasteiger partial charge < -0.3 is 19.1 Å². The Kier molecular flexibility index (Phi) is 7.03. The van der Waals surface area contributed by atoms with E-state index in [4.69, 9.17) is 14.2 Å². The molecule has 0 aromatic heterocycles. The minimum absolute atomic E-state index is 0.0562. The normalized spacial score (nSPS) is 20.0. The molecular formula is C18H24FNO5. The van der Waals surface area contributed by atoms with E-state index in [1.165, 1.54) is 12.1 Å². The van der Waals surface area contributed by atoms with Crippen molar-refractivity contribution in [2.75, 3.05) is 32.9 Å². The number of halogens is 1. The van der Waals surface area contributed by atoms with Crippen molar-refractivity contribution in [3.05, 3.63) is 35.6 Å². The van der Waals surface area contributed by atoms with Crippen LogP contribution in [0.5, 0.6) is 0 Å². The fourth-order valence-corrected chi connectivity index (χ4v) is 3.07. The van der Waals surface area contributed by atoms with Gasteiger partial charge in [0.2, 0.25) is 0 Å². The van der Waals surface area contributed by atoms with Crippen molar-refractivity contribution in [2.45, 2.75) is 26.2 Å². The molecule has 0 unspecified atom stereocenters. The van der Waals surface area contributed by atoms with Gasteiger partial charge in [-0.3, -0.25) is 0 Å². The second-order valence-corrected chi connectivity index (χ2v) is 5.85.